The fourth-order valence-electron chi connectivity index (χ4n) is 3.03. The van der Waals surface area contributed by atoms with Crippen molar-refractivity contribution in [1.29, 1.82) is 0 Å². The van der Waals surface area contributed by atoms with Gasteiger partial charge < -0.3 is 0 Å². The van der Waals surface area contributed by atoms with Crippen molar-refractivity contribution in [3.63, 3.8) is 0 Å². The summed E-state index contributed by atoms with van der Waals surface area (Å²) in [6.07, 6.45) is 10.4. The van der Waals surface area contributed by atoms with Crippen LogP contribution in [0.1, 0.15) is 66.2 Å². The van der Waals surface area contributed by atoms with Crippen LogP contribution < -0.4 is 0 Å². The summed E-state index contributed by atoms with van der Waals surface area (Å²) in [6, 6.07) is 0. The first kappa shape index (κ1) is 19.5. The molecule has 1 nitrogen and oxygen atoms in total. The van der Waals surface area contributed by atoms with Crippen LogP contribution in [0.2, 0.25) is 17.7 Å². The van der Waals surface area contributed by atoms with Gasteiger partial charge in [0.15, 0.2) is 0 Å². The van der Waals surface area contributed by atoms with Crippen LogP contribution in [0.25, 0.3) is 0 Å². The zero-order chi connectivity index (χ0) is 14.6. The van der Waals surface area contributed by atoms with E-state index in [4.69, 9.17) is 0 Å². The van der Waals surface area contributed by atoms with Gasteiger partial charge in [-0.15, -0.1) is 0 Å². The van der Waals surface area contributed by atoms with E-state index in [0.29, 0.717) is 6.61 Å². The Morgan fingerprint density at radius 3 is 1.58 bits per heavy atom. The Hall–Kier alpha value is 0.499. The van der Waals surface area contributed by atoms with Gasteiger partial charge in [-0.05, 0) is 0 Å². The average Bonchev–Trinajstić information content (AvgIpc) is 2.45. The van der Waals surface area contributed by atoms with Crippen LogP contribution in [0.5, 0.6) is 0 Å². The van der Waals surface area contributed by atoms with Crippen LogP contribution in [0.15, 0.2) is 11.6 Å². The van der Waals surface area contributed by atoms with Gasteiger partial charge in [0, 0.05) is 0 Å². The number of unbranched alkanes of at least 4 members (excludes halogenated alkanes) is 3. The minimum absolute atomic E-state index is 0.291. The number of hydrogen-bond acceptors (Lipinski definition) is 1. The first-order chi connectivity index (χ1) is 9.17. The Bertz CT molecular complexity index is 214. The molecule has 0 aromatic carbocycles. The molecule has 0 saturated carbocycles. The van der Waals surface area contributed by atoms with Crippen molar-refractivity contribution >= 4 is 18.4 Å². The molecule has 114 valence electrons. The van der Waals surface area contributed by atoms with E-state index in [2.05, 4.69) is 33.8 Å². The van der Waals surface area contributed by atoms with E-state index in [1.165, 1.54) is 48.5 Å². The van der Waals surface area contributed by atoms with Crippen LogP contribution in [0.4, 0.5) is 0 Å². The molecule has 0 radical (unpaired) electrons. The summed E-state index contributed by atoms with van der Waals surface area (Å²) in [7, 11) is 0. The third kappa shape index (κ3) is 8.39. The number of rotatable bonds is 12. The SMILES string of the molecule is C/C=C(/CO)[CH2][Sn]([CH2]CCC)([CH2]CCC)[CH2]CCC. The van der Waals surface area contributed by atoms with E-state index >= 15 is 0 Å². The van der Waals surface area contributed by atoms with Crippen molar-refractivity contribution in [2.75, 3.05) is 6.61 Å². The number of hydrogen-bond donors (Lipinski definition) is 1. The van der Waals surface area contributed by atoms with Gasteiger partial charge in [-0.2, -0.15) is 0 Å². The van der Waals surface area contributed by atoms with E-state index < -0.39 is 18.4 Å². The summed E-state index contributed by atoms with van der Waals surface area (Å²) in [4.78, 5) is 0. The Morgan fingerprint density at radius 1 is 0.895 bits per heavy atom. The fourth-order valence-corrected chi connectivity index (χ4v) is 19.8. The summed E-state index contributed by atoms with van der Waals surface area (Å²) in [5.41, 5.74) is 1.33. The molecule has 0 saturated heterocycles. The van der Waals surface area contributed by atoms with Crippen LogP contribution >= 0.6 is 0 Å². The minimum atomic E-state index is -2.03. The standard InChI is InChI=1S/C5H9O.3C4H9.Sn/c1-3-5(2)4-6;3*1-3-4-2;/h3,6H,2,4H2,1H3;3*1,3-4H2,2H3;/b5-3+;;;;. The van der Waals surface area contributed by atoms with Gasteiger partial charge in [-0.1, -0.05) is 0 Å². The van der Waals surface area contributed by atoms with Crippen molar-refractivity contribution < 1.29 is 5.11 Å². The molecule has 0 aromatic heterocycles. The van der Waals surface area contributed by atoms with Crippen LogP contribution in [-0.2, 0) is 0 Å². The zero-order valence-corrected chi connectivity index (χ0v) is 16.7. The molecule has 1 N–H and O–H groups in total. The maximum atomic E-state index is 9.53. The van der Waals surface area contributed by atoms with Crippen molar-refractivity contribution in [2.45, 2.75) is 84.0 Å². The molecule has 0 aromatic rings. The number of aliphatic hydroxyl groups excluding tert-OH is 1. The second-order valence-corrected chi connectivity index (χ2v) is 19.9. The molecule has 0 heterocycles. The second kappa shape index (κ2) is 12.3. The molecule has 2 heteroatoms. The van der Waals surface area contributed by atoms with Gasteiger partial charge in [-0.25, -0.2) is 0 Å². The average molecular weight is 375 g/mol. The molecule has 0 amide bonds. The molecule has 0 fully saturated rings. The van der Waals surface area contributed by atoms with E-state index in [0.717, 1.165) is 0 Å². The summed E-state index contributed by atoms with van der Waals surface area (Å²) in [5, 5.41) is 9.53. The summed E-state index contributed by atoms with van der Waals surface area (Å²) in [5.74, 6) is 0. The summed E-state index contributed by atoms with van der Waals surface area (Å²) in [6.45, 7) is 9.35. The van der Waals surface area contributed by atoms with Gasteiger partial charge in [0.2, 0.25) is 0 Å². The van der Waals surface area contributed by atoms with E-state index in [9.17, 15) is 5.11 Å². The molecule has 0 aliphatic heterocycles. The van der Waals surface area contributed by atoms with Crippen LogP contribution in [-0.4, -0.2) is 30.1 Å². The van der Waals surface area contributed by atoms with Gasteiger partial charge in [0.1, 0.15) is 0 Å². The first-order valence-corrected chi connectivity index (χ1v) is 16.5. The predicted molar refractivity (Wildman–Crippen MR) is 90.5 cm³/mol. The maximum absolute atomic E-state index is 9.53. The Kier molecular flexibility index (Phi) is 12.6. The Labute approximate surface area is 125 Å². The Balaban J connectivity index is 4.85. The topological polar surface area (TPSA) is 20.2 Å². The van der Waals surface area contributed by atoms with Crippen LogP contribution in [0.3, 0.4) is 0 Å². The predicted octanol–water partition coefficient (Wildman–Crippen LogP) is 5.77. The van der Waals surface area contributed by atoms with Gasteiger partial charge in [0.05, 0.1) is 0 Å². The molecule has 0 bridgehead atoms. The quantitative estimate of drug-likeness (QED) is 0.339. The molecule has 0 unspecified atom stereocenters. The third-order valence-corrected chi connectivity index (χ3v) is 19.9. The van der Waals surface area contributed by atoms with E-state index in [-0.39, 0.29) is 0 Å². The van der Waals surface area contributed by atoms with Crippen LogP contribution in [0, 0.1) is 0 Å². The monoisotopic (exact) mass is 376 g/mol. The normalized spacial score (nSPS) is 13.0. The van der Waals surface area contributed by atoms with Gasteiger partial charge in [-0.3, -0.25) is 0 Å². The molecule has 0 spiro atoms. The van der Waals surface area contributed by atoms with Crippen molar-refractivity contribution in [3.05, 3.63) is 11.6 Å². The molecule has 0 aliphatic rings. The summed E-state index contributed by atoms with van der Waals surface area (Å²) >= 11 is -2.03. The first-order valence-electron chi connectivity index (χ1n) is 8.42. The number of allylic oxidation sites excluding steroid dienone is 1. The summed E-state index contributed by atoms with van der Waals surface area (Å²) < 4.78 is 5.95. The van der Waals surface area contributed by atoms with Gasteiger partial charge in [0.25, 0.3) is 0 Å². The molecule has 19 heavy (non-hydrogen) atoms. The molecule has 0 rings (SSSR count). The number of aliphatic hydroxyl groups is 1. The molecule has 0 atom stereocenters. The second-order valence-electron chi connectivity index (χ2n) is 6.09. The molecular weight excluding hydrogens is 339 g/mol. The van der Waals surface area contributed by atoms with Crippen molar-refractivity contribution in [2.24, 2.45) is 0 Å². The fraction of sp³-hybridized carbons (Fsp3) is 0.882. The van der Waals surface area contributed by atoms with Crippen molar-refractivity contribution in [1.82, 2.24) is 0 Å². The third-order valence-electron chi connectivity index (χ3n) is 4.40. The van der Waals surface area contributed by atoms with E-state index in [1.54, 1.807) is 13.3 Å². The van der Waals surface area contributed by atoms with E-state index in [1.807, 2.05) is 0 Å². The molecule has 0 aliphatic carbocycles. The van der Waals surface area contributed by atoms with Crippen molar-refractivity contribution in [3.8, 4) is 0 Å². The molecular formula is C17H36OSn. The Morgan fingerprint density at radius 2 is 1.32 bits per heavy atom. The zero-order valence-electron chi connectivity index (χ0n) is 13.8. The van der Waals surface area contributed by atoms with Gasteiger partial charge >= 0.3 is 126 Å².